The zero-order valence-corrected chi connectivity index (χ0v) is 13.2. The molecule has 0 aliphatic carbocycles. The first kappa shape index (κ1) is 15.0. The van der Waals surface area contributed by atoms with Crippen LogP contribution in [0.1, 0.15) is 17.0 Å². The van der Waals surface area contributed by atoms with Gasteiger partial charge in [0, 0.05) is 23.6 Å². The number of benzene rings is 1. The zero-order chi connectivity index (χ0) is 16.1. The predicted octanol–water partition coefficient (Wildman–Crippen LogP) is 3.84. The minimum absolute atomic E-state index is 0.586. The van der Waals surface area contributed by atoms with Gasteiger partial charge in [-0.25, -0.2) is 4.98 Å². The molecule has 0 saturated carbocycles. The second-order valence-corrected chi connectivity index (χ2v) is 5.33. The Hall–Kier alpha value is -2.95. The molecule has 0 saturated heterocycles. The highest BCUT2D eigenvalue weighted by Gasteiger charge is 2.04. The van der Waals surface area contributed by atoms with E-state index in [2.05, 4.69) is 38.6 Å². The standard InChI is InChI=1S/C18H19N5/c1-13-7-3-4-9-16(13)22-18-21-14(2)11-17(23-18)20-12-15-8-5-6-10-19-15/h3-11H,12H2,1-2H3,(H2,20,21,22,23). The van der Waals surface area contributed by atoms with Crippen molar-refractivity contribution in [1.29, 1.82) is 0 Å². The van der Waals surface area contributed by atoms with Crippen LogP contribution in [0.2, 0.25) is 0 Å². The summed E-state index contributed by atoms with van der Waals surface area (Å²) in [7, 11) is 0. The number of pyridine rings is 1. The van der Waals surface area contributed by atoms with Gasteiger partial charge in [-0.15, -0.1) is 0 Å². The number of hydrogen-bond acceptors (Lipinski definition) is 5. The summed E-state index contributed by atoms with van der Waals surface area (Å²) in [5.41, 5.74) is 4.03. The van der Waals surface area contributed by atoms with Crippen LogP contribution in [0.5, 0.6) is 0 Å². The van der Waals surface area contributed by atoms with E-state index in [1.54, 1.807) is 6.20 Å². The largest absolute Gasteiger partial charge is 0.364 e. The molecule has 23 heavy (non-hydrogen) atoms. The van der Waals surface area contributed by atoms with Gasteiger partial charge in [0.1, 0.15) is 5.82 Å². The highest BCUT2D eigenvalue weighted by Crippen LogP contribution is 2.19. The van der Waals surface area contributed by atoms with Gasteiger partial charge in [-0.2, -0.15) is 4.98 Å². The Balaban J connectivity index is 1.75. The molecule has 5 nitrogen and oxygen atoms in total. The lowest BCUT2D eigenvalue weighted by atomic mass is 10.2. The van der Waals surface area contributed by atoms with Gasteiger partial charge in [0.15, 0.2) is 0 Å². The lowest BCUT2D eigenvalue weighted by Crippen LogP contribution is -2.06. The number of nitrogens with one attached hydrogen (secondary N) is 2. The third kappa shape index (κ3) is 4.03. The molecule has 0 aliphatic rings. The molecule has 3 rings (SSSR count). The second-order valence-electron chi connectivity index (χ2n) is 5.33. The van der Waals surface area contributed by atoms with Gasteiger partial charge in [0.05, 0.1) is 12.2 Å². The molecule has 0 atom stereocenters. The van der Waals surface area contributed by atoms with Gasteiger partial charge in [-0.1, -0.05) is 24.3 Å². The number of rotatable bonds is 5. The molecule has 0 unspecified atom stereocenters. The Morgan fingerprint density at radius 1 is 0.957 bits per heavy atom. The van der Waals surface area contributed by atoms with Gasteiger partial charge in [0.2, 0.25) is 5.95 Å². The van der Waals surface area contributed by atoms with Crippen molar-refractivity contribution in [1.82, 2.24) is 15.0 Å². The molecule has 0 bridgehead atoms. The zero-order valence-electron chi connectivity index (χ0n) is 13.2. The fraction of sp³-hybridized carbons (Fsp3) is 0.167. The summed E-state index contributed by atoms with van der Waals surface area (Å²) in [6, 6.07) is 15.9. The van der Waals surface area contributed by atoms with Crippen LogP contribution >= 0.6 is 0 Å². The quantitative estimate of drug-likeness (QED) is 0.750. The van der Waals surface area contributed by atoms with Crippen molar-refractivity contribution in [3.8, 4) is 0 Å². The molecule has 2 aromatic heterocycles. The van der Waals surface area contributed by atoms with Crippen LogP contribution < -0.4 is 10.6 Å². The van der Waals surface area contributed by atoms with Crippen LogP contribution in [0.25, 0.3) is 0 Å². The summed E-state index contributed by atoms with van der Waals surface area (Å²) in [6.45, 7) is 4.64. The van der Waals surface area contributed by atoms with Crippen molar-refractivity contribution >= 4 is 17.5 Å². The predicted molar refractivity (Wildman–Crippen MR) is 92.8 cm³/mol. The Bertz CT molecular complexity index is 786. The van der Waals surface area contributed by atoms with E-state index in [9.17, 15) is 0 Å². The fourth-order valence-electron chi connectivity index (χ4n) is 2.23. The van der Waals surface area contributed by atoms with Gasteiger partial charge >= 0.3 is 0 Å². The van der Waals surface area contributed by atoms with Gasteiger partial charge in [0.25, 0.3) is 0 Å². The van der Waals surface area contributed by atoms with Gasteiger partial charge in [-0.3, -0.25) is 4.98 Å². The third-order valence-corrected chi connectivity index (χ3v) is 3.42. The molecule has 0 fully saturated rings. The van der Waals surface area contributed by atoms with Crippen molar-refractivity contribution in [2.45, 2.75) is 20.4 Å². The molecular weight excluding hydrogens is 286 g/mol. The van der Waals surface area contributed by atoms with Crippen LogP contribution in [-0.4, -0.2) is 15.0 Å². The molecule has 0 radical (unpaired) electrons. The normalized spacial score (nSPS) is 10.3. The van der Waals surface area contributed by atoms with Crippen molar-refractivity contribution in [3.63, 3.8) is 0 Å². The van der Waals surface area contributed by atoms with E-state index in [1.165, 1.54) is 0 Å². The van der Waals surface area contributed by atoms with Crippen molar-refractivity contribution in [2.75, 3.05) is 10.6 Å². The van der Waals surface area contributed by atoms with Crippen molar-refractivity contribution < 1.29 is 0 Å². The highest BCUT2D eigenvalue weighted by molar-refractivity contribution is 5.59. The van der Waals surface area contributed by atoms with Crippen molar-refractivity contribution in [2.24, 2.45) is 0 Å². The lowest BCUT2D eigenvalue weighted by Gasteiger charge is -2.11. The molecule has 2 N–H and O–H groups in total. The molecule has 116 valence electrons. The Kier molecular flexibility index (Phi) is 4.47. The molecule has 0 aliphatic heterocycles. The van der Waals surface area contributed by atoms with E-state index < -0.39 is 0 Å². The fourth-order valence-corrected chi connectivity index (χ4v) is 2.23. The molecule has 3 aromatic rings. The maximum Gasteiger partial charge on any atom is 0.229 e. The first-order valence-electron chi connectivity index (χ1n) is 7.53. The Labute approximate surface area is 135 Å². The Morgan fingerprint density at radius 3 is 2.57 bits per heavy atom. The maximum atomic E-state index is 4.52. The van der Waals surface area contributed by atoms with Crippen LogP contribution in [0.15, 0.2) is 54.7 Å². The summed E-state index contributed by atoms with van der Waals surface area (Å²) >= 11 is 0. The lowest BCUT2D eigenvalue weighted by molar-refractivity contribution is 1.01. The monoisotopic (exact) mass is 305 g/mol. The topological polar surface area (TPSA) is 62.7 Å². The van der Waals surface area contributed by atoms with E-state index in [4.69, 9.17) is 0 Å². The van der Waals surface area contributed by atoms with E-state index in [1.807, 2.05) is 49.4 Å². The smallest absolute Gasteiger partial charge is 0.229 e. The summed E-state index contributed by atoms with van der Waals surface area (Å²) in [5.74, 6) is 1.36. The van der Waals surface area contributed by atoms with Crippen LogP contribution in [0.4, 0.5) is 17.5 Å². The highest BCUT2D eigenvalue weighted by atomic mass is 15.1. The number of aromatic nitrogens is 3. The van der Waals surface area contributed by atoms with Crippen molar-refractivity contribution in [3.05, 3.63) is 71.7 Å². The number of nitrogens with zero attached hydrogens (tertiary/aromatic N) is 3. The SMILES string of the molecule is Cc1cc(NCc2ccccn2)nc(Nc2ccccc2C)n1. The first-order chi connectivity index (χ1) is 11.2. The molecule has 1 aromatic carbocycles. The van der Waals surface area contributed by atoms with Gasteiger partial charge in [-0.05, 0) is 37.6 Å². The third-order valence-electron chi connectivity index (χ3n) is 3.42. The molecule has 0 amide bonds. The number of anilines is 3. The van der Waals surface area contributed by atoms with Gasteiger partial charge < -0.3 is 10.6 Å². The minimum Gasteiger partial charge on any atom is -0.364 e. The van der Waals surface area contributed by atoms with Crippen LogP contribution in [0, 0.1) is 13.8 Å². The number of hydrogen-bond donors (Lipinski definition) is 2. The summed E-state index contributed by atoms with van der Waals surface area (Å²) in [4.78, 5) is 13.3. The maximum absolute atomic E-state index is 4.52. The second kappa shape index (κ2) is 6.87. The molecular formula is C18H19N5. The first-order valence-corrected chi connectivity index (χ1v) is 7.53. The summed E-state index contributed by atoms with van der Waals surface area (Å²) < 4.78 is 0. The number of para-hydroxylation sites is 1. The number of aryl methyl sites for hydroxylation is 2. The average molecular weight is 305 g/mol. The van der Waals surface area contributed by atoms with Crippen LogP contribution in [-0.2, 0) is 6.54 Å². The molecule has 0 spiro atoms. The van der Waals surface area contributed by atoms with E-state index in [-0.39, 0.29) is 0 Å². The van der Waals surface area contributed by atoms with E-state index in [0.717, 1.165) is 28.5 Å². The summed E-state index contributed by atoms with van der Waals surface area (Å²) in [6.07, 6.45) is 1.79. The van der Waals surface area contributed by atoms with E-state index in [0.29, 0.717) is 12.5 Å². The average Bonchev–Trinajstić information content (AvgIpc) is 2.56. The molecule has 5 heteroatoms. The van der Waals surface area contributed by atoms with Crippen LogP contribution in [0.3, 0.4) is 0 Å². The molecule has 2 heterocycles. The Morgan fingerprint density at radius 2 is 1.78 bits per heavy atom. The summed E-state index contributed by atoms with van der Waals surface area (Å²) in [5, 5.41) is 6.56. The minimum atomic E-state index is 0.586. The van der Waals surface area contributed by atoms with E-state index >= 15 is 0 Å².